The molecule has 32 heavy (non-hydrogen) atoms. The fraction of sp³-hybridized carbons (Fsp3) is 0.333. The highest BCUT2D eigenvalue weighted by Gasteiger charge is 2.54. The Morgan fingerprint density at radius 2 is 1.97 bits per heavy atom. The number of likely N-dealkylation sites (N-methyl/N-ethyl adjacent to an activating group) is 1. The molecule has 164 valence electrons. The zero-order valence-corrected chi connectivity index (χ0v) is 18.8. The van der Waals surface area contributed by atoms with Gasteiger partial charge in [0.15, 0.2) is 0 Å². The molecule has 0 unspecified atom stereocenters. The van der Waals surface area contributed by atoms with Gasteiger partial charge in [-0.2, -0.15) is 0 Å². The second-order valence-electron chi connectivity index (χ2n) is 8.44. The molecule has 0 radical (unpaired) electrons. The topological polar surface area (TPSA) is 82.6 Å². The number of thiazole rings is 1. The minimum Gasteiger partial charge on any atom is -0.335 e. The van der Waals surface area contributed by atoms with Gasteiger partial charge in [0, 0.05) is 7.05 Å². The van der Waals surface area contributed by atoms with Crippen molar-refractivity contribution in [2.75, 3.05) is 13.6 Å². The lowest BCUT2D eigenvalue weighted by molar-refractivity contribution is -0.139. The Bertz CT molecular complexity index is 1210. The van der Waals surface area contributed by atoms with Crippen molar-refractivity contribution in [1.29, 1.82) is 0 Å². The van der Waals surface area contributed by atoms with Crippen molar-refractivity contribution in [3.63, 3.8) is 0 Å². The summed E-state index contributed by atoms with van der Waals surface area (Å²) in [5.74, 6) is -0.648. The normalized spacial score (nSPS) is 21.0. The van der Waals surface area contributed by atoms with Gasteiger partial charge in [0.25, 0.3) is 5.91 Å². The van der Waals surface area contributed by atoms with Gasteiger partial charge in [-0.25, -0.2) is 9.78 Å². The molecule has 2 aliphatic rings. The van der Waals surface area contributed by atoms with Crippen LogP contribution in [0.2, 0.25) is 0 Å². The molecule has 5 rings (SSSR count). The maximum Gasteiger partial charge on any atom is 0.325 e. The van der Waals surface area contributed by atoms with Crippen LogP contribution in [0, 0.1) is 0 Å². The van der Waals surface area contributed by atoms with Crippen molar-refractivity contribution in [2.24, 2.45) is 0 Å². The number of imide groups is 1. The first kappa shape index (κ1) is 20.6. The summed E-state index contributed by atoms with van der Waals surface area (Å²) in [4.78, 5) is 46.5. The molecule has 1 spiro atoms. The summed E-state index contributed by atoms with van der Waals surface area (Å²) in [5.41, 5.74) is 1.74. The zero-order chi connectivity index (χ0) is 22.5. The zero-order valence-electron chi connectivity index (χ0n) is 18.0. The van der Waals surface area contributed by atoms with Crippen LogP contribution in [0.25, 0.3) is 10.2 Å². The summed E-state index contributed by atoms with van der Waals surface area (Å²) >= 11 is 1.54. The highest BCUT2D eigenvalue weighted by Crippen LogP contribution is 2.40. The Morgan fingerprint density at radius 3 is 2.78 bits per heavy atom. The highest BCUT2D eigenvalue weighted by atomic mass is 32.1. The number of carbonyl (C=O) groups is 3. The number of carbonyl (C=O) groups excluding carboxylic acids is 3. The van der Waals surface area contributed by atoms with Gasteiger partial charge in [-0.05, 0) is 49.4 Å². The number of rotatable bonds is 4. The second-order valence-corrected chi connectivity index (χ2v) is 9.50. The van der Waals surface area contributed by atoms with E-state index in [2.05, 4.69) is 10.3 Å². The number of aromatic nitrogens is 1. The smallest absolute Gasteiger partial charge is 0.325 e. The number of fused-ring (bicyclic) bond motifs is 3. The van der Waals surface area contributed by atoms with Crippen LogP contribution in [0.15, 0.2) is 48.5 Å². The van der Waals surface area contributed by atoms with Gasteiger partial charge in [-0.15, -0.1) is 11.3 Å². The third-order valence-corrected chi connectivity index (χ3v) is 7.79. The first-order valence-corrected chi connectivity index (χ1v) is 11.6. The van der Waals surface area contributed by atoms with Crippen molar-refractivity contribution in [2.45, 2.75) is 37.8 Å². The van der Waals surface area contributed by atoms with E-state index in [9.17, 15) is 14.4 Å². The summed E-state index contributed by atoms with van der Waals surface area (Å²) in [7, 11) is 1.68. The Morgan fingerprint density at radius 1 is 1.22 bits per heavy atom. The number of urea groups is 1. The van der Waals surface area contributed by atoms with Crippen molar-refractivity contribution in [3.05, 3.63) is 64.7 Å². The van der Waals surface area contributed by atoms with Crippen LogP contribution in [0.4, 0.5) is 4.79 Å². The lowest BCUT2D eigenvalue weighted by atomic mass is 9.76. The molecule has 0 saturated carbocycles. The summed E-state index contributed by atoms with van der Waals surface area (Å²) < 4.78 is 1.06. The standard InChI is InChI=1S/C24H24N4O3S/c1-15(21-25-18-11-5-6-12-19(18)32-21)27(2)20(29)14-28-22(30)24(26-23(28)31)13-7-9-16-8-3-4-10-17(16)24/h3-6,8,10-12,15H,7,9,13-14H2,1-2H3,(H,26,31)/t15-,24-/m1/s1. The van der Waals surface area contributed by atoms with E-state index >= 15 is 0 Å². The molecular formula is C24H24N4O3S. The number of hydrogen-bond donors (Lipinski definition) is 1. The van der Waals surface area contributed by atoms with Crippen molar-refractivity contribution < 1.29 is 14.4 Å². The van der Waals surface area contributed by atoms with Crippen LogP contribution >= 0.6 is 11.3 Å². The van der Waals surface area contributed by atoms with Gasteiger partial charge in [0.1, 0.15) is 17.1 Å². The molecule has 1 fully saturated rings. The molecule has 4 amide bonds. The van der Waals surface area contributed by atoms with E-state index < -0.39 is 11.6 Å². The molecule has 7 nitrogen and oxygen atoms in total. The Hall–Kier alpha value is -3.26. The monoisotopic (exact) mass is 448 g/mol. The average Bonchev–Trinajstić information content (AvgIpc) is 3.34. The number of aryl methyl sites for hydroxylation is 1. The van der Waals surface area contributed by atoms with Gasteiger partial charge < -0.3 is 10.2 Å². The van der Waals surface area contributed by atoms with Crippen LogP contribution in [-0.2, 0) is 21.5 Å². The molecule has 2 atom stereocenters. The van der Waals surface area contributed by atoms with Gasteiger partial charge in [0.2, 0.25) is 5.91 Å². The number of nitrogens with one attached hydrogen (secondary N) is 1. The van der Waals surface area contributed by atoms with Crippen LogP contribution in [0.3, 0.4) is 0 Å². The fourth-order valence-electron chi connectivity index (χ4n) is 4.65. The maximum atomic E-state index is 13.4. The summed E-state index contributed by atoms with van der Waals surface area (Å²) in [6.07, 6.45) is 2.22. The molecule has 1 aliphatic carbocycles. The Balaban J connectivity index is 1.35. The number of nitrogens with zero attached hydrogens (tertiary/aromatic N) is 3. The molecule has 8 heteroatoms. The van der Waals surface area contributed by atoms with Crippen LogP contribution in [0.5, 0.6) is 0 Å². The molecule has 1 aromatic heterocycles. The number of benzene rings is 2. The molecule has 3 aromatic rings. The molecule has 2 aromatic carbocycles. The SMILES string of the molecule is C[C@H](c1nc2ccccc2s1)N(C)C(=O)CN1C(=O)N[C@@]2(CCCc3ccccc32)C1=O. The minimum absolute atomic E-state index is 0.273. The number of hydrogen-bond acceptors (Lipinski definition) is 5. The van der Waals surface area contributed by atoms with E-state index in [0.29, 0.717) is 6.42 Å². The fourth-order valence-corrected chi connectivity index (χ4v) is 5.72. The van der Waals surface area contributed by atoms with E-state index in [1.807, 2.05) is 55.5 Å². The predicted octanol–water partition coefficient (Wildman–Crippen LogP) is 3.60. The van der Waals surface area contributed by atoms with E-state index in [0.717, 1.165) is 44.1 Å². The van der Waals surface area contributed by atoms with Crippen LogP contribution in [0.1, 0.15) is 41.9 Å². The summed E-state index contributed by atoms with van der Waals surface area (Å²) in [6, 6.07) is 14.8. The third-order valence-electron chi connectivity index (χ3n) is 6.59. The Labute approximate surface area is 190 Å². The first-order valence-electron chi connectivity index (χ1n) is 10.7. The van der Waals surface area contributed by atoms with E-state index in [1.165, 1.54) is 11.3 Å². The lowest BCUT2D eigenvalue weighted by Gasteiger charge is -2.33. The van der Waals surface area contributed by atoms with Crippen LogP contribution in [-0.4, -0.2) is 46.2 Å². The largest absolute Gasteiger partial charge is 0.335 e. The number of amides is 4. The molecule has 1 aliphatic heterocycles. The van der Waals surface area contributed by atoms with E-state index in [-0.39, 0.29) is 24.4 Å². The predicted molar refractivity (Wildman–Crippen MR) is 122 cm³/mol. The highest BCUT2D eigenvalue weighted by molar-refractivity contribution is 7.18. The third kappa shape index (κ3) is 3.17. The summed E-state index contributed by atoms with van der Waals surface area (Å²) in [6.45, 7) is 1.61. The summed E-state index contributed by atoms with van der Waals surface area (Å²) in [5, 5.41) is 3.72. The molecule has 0 bridgehead atoms. The molecule has 2 heterocycles. The van der Waals surface area contributed by atoms with Crippen molar-refractivity contribution in [3.8, 4) is 0 Å². The van der Waals surface area contributed by atoms with Crippen LogP contribution < -0.4 is 5.32 Å². The van der Waals surface area contributed by atoms with Crippen molar-refractivity contribution in [1.82, 2.24) is 20.1 Å². The molecule has 1 N–H and O–H groups in total. The van der Waals surface area contributed by atoms with Gasteiger partial charge in [-0.3, -0.25) is 14.5 Å². The van der Waals surface area contributed by atoms with E-state index in [4.69, 9.17) is 0 Å². The lowest BCUT2D eigenvalue weighted by Crippen LogP contribution is -2.47. The van der Waals surface area contributed by atoms with Gasteiger partial charge in [-0.1, -0.05) is 36.4 Å². The quantitative estimate of drug-likeness (QED) is 0.619. The average molecular weight is 449 g/mol. The van der Waals surface area contributed by atoms with Gasteiger partial charge >= 0.3 is 6.03 Å². The van der Waals surface area contributed by atoms with Gasteiger partial charge in [0.05, 0.1) is 16.3 Å². The molecular weight excluding hydrogens is 424 g/mol. The Kier molecular flexibility index (Phi) is 4.97. The van der Waals surface area contributed by atoms with E-state index in [1.54, 1.807) is 11.9 Å². The first-order chi connectivity index (χ1) is 15.4. The second kappa shape index (κ2) is 7.70. The molecule has 1 saturated heterocycles. The van der Waals surface area contributed by atoms with Crippen molar-refractivity contribution >= 4 is 39.4 Å². The maximum absolute atomic E-state index is 13.4. The number of para-hydroxylation sites is 1. The minimum atomic E-state index is -1.07.